The molecule has 1 rings (SSSR count). The average molecular weight is 435 g/mol. The molecule has 174 valence electrons. The van der Waals surface area contributed by atoms with Crippen molar-refractivity contribution in [2.45, 2.75) is 127 Å². The van der Waals surface area contributed by atoms with Crippen molar-refractivity contribution >= 4 is 8.07 Å². The molecular weight excluding hydrogens is 388 g/mol. The van der Waals surface area contributed by atoms with E-state index >= 15 is 0 Å². The molecule has 7 heteroatoms. The van der Waals surface area contributed by atoms with Gasteiger partial charge >= 0.3 is 0 Å². The number of rotatable bonds is 16. The summed E-state index contributed by atoms with van der Waals surface area (Å²) >= 11 is 0. The summed E-state index contributed by atoms with van der Waals surface area (Å²) in [5.74, 6) is 0. The normalized spacial score (nSPS) is 28.0. The molecule has 0 spiro atoms. The highest BCUT2D eigenvalue weighted by molar-refractivity contribution is 6.77. The van der Waals surface area contributed by atoms with Crippen molar-refractivity contribution in [1.29, 1.82) is 0 Å². The first-order valence-corrected chi connectivity index (χ1v) is 15.2. The molecule has 0 saturated carbocycles. The summed E-state index contributed by atoms with van der Waals surface area (Å²) in [7, 11) is -1.38. The maximum atomic E-state index is 10.0. The predicted molar refractivity (Wildman–Crippen MR) is 119 cm³/mol. The number of hydrogen-bond acceptors (Lipinski definition) is 6. The van der Waals surface area contributed by atoms with Crippen molar-refractivity contribution in [1.82, 2.24) is 0 Å². The summed E-state index contributed by atoms with van der Waals surface area (Å²) in [6, 6.07) is 2.22. The van der Waals surface area contributed by atoms with Crippen LogP contribution < -0.4 is 0 Å². The SMILES string of the molecule is CCCCCCCCCCCC[Si](C)(C)CCOC1OC(CO)C(O)C(O)C1O. The van der Waals surface area contributed by atoms with Crippen LogP contribution in [0.25, 0.3) is 0 Å². The third kappa shape index (κ3) is 10.7. The van der Waals surface area contributed by atoms with Gasteiger partial charge < -0.3 is 29.9 Å². The van der Waals surface area contributed by atoms with E-state index in [0.717, 1.165) is 6.04 Å². The van der Waals surface area contributed by atoms with Crippen LogP contribution in [0.1, 0.15) is 71.1 Å². The highest BCUT2D eigenvalue weighted by Gasteiger charge is 2.44. The zero-order chi connectivity index (χ0) is 21.7. The molecule has 4 N–H and O–H groups in total. The molecule has 0 aromatic carbocycles. The van der Waals surface area contributed by atoms with Crippen molar-refractivity contribution in [3.63, 3.8) is 0 Å². The molecule has 0 bridgehead atoms. The molecule has 1 heterocycles. The van der Waals surface area contributed by atoms with Gasteiger partial charge in [-0.1, -0.05) is 90.3 Å². The van der Waals surface area contributed by atoms with Gasteiger partial charge in [-0.2, -0.15) is 0 Å². The summed E-state index contributed by atoms with van der Waals surface area (Å²) in [6.45, 7) is 7.00. The lowest BCUT2D eigenvalue weighted by Crippen LogP contribution is -2.59. The third-order valence-corrected chi connectivity index (χ3v) is 9.38. The summed E-state index contributed by atoms with van der Waals surface area (Å²) < 4.78 is 11.1. The Morgan fingerprint density at radius 3 is 1.86 bits per heavy atom. The van der Waals surface area contributed by atoms with Crippen LogP contribution in [0.3, 0.4) is 0 Å². The molecule has 0 radical (unpaired) electrons. The van der Waals surface area contributed by atoms with Gasteiger partial charge in [0.25, 0.3) is 0 Å². The van der Waals surface area contributed by atoms with E-state index in [0.29, 0.717) is 6.61 Å². The quantitative estimate of drug-likeness (QED) is 0.219. The Hall–Kier alpha value is -0.0231. The van der Waals surface area contributed by atoms with Gasteiger partial charge in [0.1, 0.15) is 24.4 Å². The minimum absolute atomic E-state index is 0.427. The van der Waals surface area contributed by atoms with Gasteiger partial charge in [-0.15, -0.1) is 0 Å². The number of aliphatic hydroxyl groups is 4. The number of unbranched alkanes of at least 4 members (excludes halogenated alkanes) is 9. The van der Waals surface area contributed by atoms with Gasteiger partial charge in [0.2, 0.25) is 0 Å². The van der Waals surface area contributed by atoms with E-state index in [1.54, 1.807) is 0 Å². The van der Waals surface area contributed by atoms with Crippen LogP contribution in [-0.4, -0.2) is 72.4 Å². The van der Waals surface area contributed by atoms with E-state index in [9.17, 15) is 20.4 Å². The molecule has 6 nitrogen and oxygen atoms in total. The Morgan fingerprint density at radius 2 is 1.31 bits per heavy atom. The lowest BCUT2D eigenvalue weighted by Gasteiger charge is -2.39. The molecule has 1 fully saturated rings. The summed E-state index contributed by atoms with van der Waals surface area (Å²) in [5.41, 5.74) is 0. The zero-order valence-electron chi connectivity index (χ0n) is 18.9. The van der Waals surface area contributed by atoms with Crippen molar-refractivity contribution in [2.24, 2.45) is 0 Å². The molecule has 1 aliphatic rings. The molecule has 29 heavy (non-hydrogen) atoms. The Bertz CT molecular complexity index is 407. The standard InChI is InChI=1S/C22H46O6Si/c1-4-5-6-7-8-9-10-11-12-13-15-29(2,3)16-14-27-22-21(26)20(25)19(24)18(17-23)28-22/h18-26H,4-17H2,1-3H3. The fourth-order valence-electron chi connectivity index (χ4n) is 3.87. The van der Waals surface area contributed by atoms with Gasteiger partial charge in [-0.05, 0) is 6.04 Å². The second-order valence-electron chi connectivity index (χ2n) is 9.41. The maximum Gasteiger partial charge on any atom is 0.186 e. The van der Waals surface area contributed by atoms with E-state index < -0.39 is 45.4 Å². The van der Waals surface area contributed by atoms with Crippen LogP contribution in [0.15, 0.2) is 0 Å². The number of aliphatic hydroxyl groups excluding tert-OH is 4. The Kier molecular flexibility index (Phi) is 13.9. The fourth-order valence-corrected chi connectivity index (χ4v) is 6.00. The van der Waals surface area contributed by atoms with Crippen LogP contribution in [0.5, 0.6) is 0 Å². The molecule has 0 aromatic heterocycles. The van der Waals surface area contributed by atoms with E-state index in [1.165, 1.54) is 70.3 Å². The Balaban J connectivity index is 2.12. The summed E-state index contributed by atoms with van der Waals surface area (Å²) in [6.07, 6.45) is 7.56. The highest BCUT2D eigenvalue weighted by atomic mass is 28.3. The zero-order valence-corrected chi connectivity index (χ0v) is 19.9. The van der Waals surface area contributed by atoms with E-state index in [-0.39, 0.29) is 0 Å². The fraction of sp³-hybridized carbons (Fsp3) is 1.00. The van der Waals surface area contributed by atoms with E-state index in [1.807, 2.05) is 0 Å². The van der Waals surface area contributed by atoms with Crippen LogP contribution in [0.4, 0.5) is 0 Å². The molecule has 5 unspecified atom stereocenters. The van der Waals surface area contributed by atoms with Gasteiger partial charge in [-0.3, -0.25) is 0 Å². The van der Waals surface area contributed by atoms with E-state index in [4.69, 9.17) is 9.47 Å². The van der Waals surface area contributed by atoms with E-state index in [2.05, 4.69) is 20.0 Å². The monoisotopic (exact) mass is 434 g/mol. The van der Waals surface area contributed by atoms with Crippen LogP contribution in [0.2, 0.25) is 25.2 Å². The molecule has 0 aliphatic carbocycles. The highest BCUT2D eigenvalue weighted by Crippen LogP contribution is 2.24. The number of hydrogen-bond donors (Lipinski definition) is 4. The lowest BCUT2D eigenvalue weighted by atomic mass is 9.99. The first-order valence-electron chi connectivity index (χ1n) is 11.7. The summed E-state index contributed by atoms with van der Waals surface area (Å²) in [4.78, 5) is 0. The molecule has 5 atom stereocenters. The van der Waals surface area contributed by atoms with Crippen molar-refractivity contribution in [3.8, 4) is 0 Å². The second kappa shape index (κ2) is 14.9. The molecule has 1 aliphatic heterocycles. The van der Waals surface area contributed by atoms with Gasteiger partial charge in [0.15, 0.2) is 6.29 Å². The third-order valence-electron chi connectivity index (χ3n) is 6.12. The second-order valence-corrected chi connectivity index (χ2v) is 14.7. The van der Waals surface area contributed by atoms with Crippen LogP contribution in [-0.2, 0) is 9.47 Å². The average Bonchev–Trinajstić information content (AvgIpc) is 2.69. The first-order chi connectivity index (χ1) is 13.8. The number of ether oxygens (including phenoxy) is 2. The van der Waals surface area contributed by atoms with Gasteiger partial charge in [0, 0.05) is 14.7 Å². The lowest BCUT2D eigenvalue weighted by molar-refractivity contribution is -0.300. The molecule has 0 amide bonds. The van der Waals surface area contributed by atoms with Crippen LogP contribution >= 0.6 is 0 Å². The minimum atomic E-state index is -1.38. The predicted octanol–water partition coefficient (Wildman–Crippen LogP) is 3.43. The first kappa shape index (κ1) is 27.0. The molecular formula is C22H46O6Si. The van der Waals surface area contributed by atoms with Crippen molar-refractivity contribution < 1.29 is 29.9 Å². The van der Waals surface area contributed by atoms with Gasteiger partial charge in [0.05, 0.1) is 6.61 Å². The molecule has 1 saturated heterocycles. The smallest absolute Gasteiger partial charge is 0.186 e. The minimum Gasteiger partial charge on any atom is -0.394 e. The summed E-state index contributed by atoms with van der Waals surface area (Å²) in [5, 5.41) is 38.9. The molecule has 0 aromatic rings. The largest absolute Gasteiger partial charge is 0.394 e. The van der Waals surface area contributed by atoms with Crippen molar-refractivity contribution in [3.05, 3.63) is 0 Å². The van der Waals surface area contributed by atoms with Crippen molar-refractivity contribution in [2.75, 3.05) is 13.2 Å². The Labute approximate surface area is 178 Å². The topological polar surface area (TPSA) is 99.4 Å². The Morgan fingerprint density at radius 1 is 0.759 bits per heavy atom. The van der Waals surface area contributed by atoms with Gasteiger partial charge in [-0.25, -0.2) is 0 Å². The maximum absolute atomic E-state index is 10.0. The van der Waals surface area contributed by atoms with Crippen LogP contribution in [0, 0.1) is 0 Å².